The molecule has 0 radical (unpaired) electrons. The molecule has 0 unspecified atom stereocenters. The predicted octanol–water partition coefficient (Wildman–Crippen LogP) is 4.50. The maximum atomic E-state index is 10.2. The lowest BCUT2D eigenvalue weighted by Gasteiger charge is -2.39. The molecule has 0 aliphatic rings. The summed E-state index contributed by atoms with van der Waals surface area (Å²) in [6.07, 6.45) is 5.33. The summed E-state index contributed by atoms with van der Waals surface area (Å²) in [6, 6.07) is 0. The zero-order chi connectivity index (χ0) is 14.4. The van der Waals surface area contributed by atoms with E-state index in [9.17, 15) is 5.11 Å². The van der Waals surface area contributed by atoms with Crippen LogP contribution in [0.25, 0.3) is 0 Å². The second kappa shape index (κ2) is 7.46. The van der Waals surface area contributed by atoms with Gasteiger partial charge in [0.1, 0.15) is 0 Å². The molecule has 0 bridgehead atoms. The van der Waals surface area contributed by atoms with Gasteiger partial charge >= 0.3 is 0 Å². The molecule has 2 nitrogen and oxygen atoms in total. The Labute approximate surface area is 115 Å². The van der Waals surface area contributed by atoms with Gasteiger partial charge in [0.15, 0.2) is 8.32 Å². The summed E-state index contributed by atoms with van der Waals surface area (Å²) in [7, 11) is -1.83. The van der Waals surface area contributed by atoms with Crippen LogP contribution in [-0.4, -0.2) is 25.6 Å². The van der Waals surface area contributed by atoms with E-state index in [0.29, 0.717) is 0 Å². The molecule has 0 rings (SSSR count). The van der Waals surface area contributed by atoms with Crippen LogP contribution in [0.3, 0.4) is 0 Å². The first kappa shape index (κ1) is 17.9. The minimum atomic E-state index is -1.83. The van der Waals surface area contributed by atoms with Crippen LogP contribution in [0.15, 0.2) is 12.7 Å². The number of unbranched alkanes of at least 4 members (excludes halogenated alkanes) is 2. The van der Waals surface area contributed by atoms with Crippen molar-refractivity contribution in [3.8, 4) is 0 Å². The van der Waals surface area contributed by atoms with Crippen LogP contribution >= 0.6 is 0 Å². The van der Waals surface area contributed by atoms with E-state index in [0.717, 1.165) is 12.8 Å². The maximum absolute atomic E-state index is 10.2. The molecule has 0 spiro atoms. The average molecular weight is 273 g/mol. The van der Waals surface area contributed by atoms with Crippen molar-refractivity contribution < 1.29 is 9.53 Å². The van der Waals surface area contributed by atoms with Crippen molar-refractivity contribution in [3.63, 3.8) is 0 Å². The van der Waals surface area contributed by atoms with Gasteiger partial charge < -0.3 is 9.53 Å². The van der Waals surface area contributed by atoms with Gasteiger partial charge in [0.2, 0.25) is 0 Å². The molecular weight excluding hydrogens is 240 g/mol. The Bertz CT molecular complexity index is 243. The Morgan fingerprint density at radius 2 is 1.83 bits per heavy atom. The summed E-state index contributed by atoms with van der Waals surface area (Å²) < 4.78 is 6.21. The third-order valence-corrected chi connectivity index (χ3v) is 8.43. The van der Waals surface area contributed by atoms with Crippen LogP contribution in [0.4, 0.5) is 0 Å². The largest absolute Gasteiger partial charge is 0.408 e. The van der Waals surface area contributed by atoms with Crippen molar-refractivity contribution in [2.45, 2.75) is 83.7 Å². The molecule has 2 atom stereocenters. The van der Waals surface area contributed by atoms with Crippen molar-refractivity contribution in [1.29, 1.82) is 0 Å². The van der Waals surface area contributed by atoms with E-state index in [-0.39, 0.29) is 11.1 Å². The SMILES string of the molecule is C=C[C@H](O[Si](C)(C)C(C)(C)C)[C@H](O)CCCCC. The van der Waals surface area contributed by atoms with Crippen LogP contribution in [-0.2, 0) is 4.43 Å². The van der Waals surface area contributed by atoms with Gasteiger partial charge in [0.05, 0.1) is 12.2 Å². The molecule has 0 aliphatic heterocycles. The maximum Gasteiger partial charge on any atom is 0.193 e. The van der Waals surface area contributed by atoms with Crippen molar-refractivity contribution in [1.82, 2.24) is 0 Å². The van der Waals surface area contributed by atoms with E-state index >= 15 is 0 Å². The summed E-state index contributed by atoms with van der Waals surface area (Å²) in [5.74, 6) is 0. The zero-order valence-electron chi connectivity index (χ0n) is 13.1. The van der Waals surface area contributed by atoms with Crippen LogP contribution in [0.2, 0.25) is 18.1 Å². The van der Waals surface area contributed by atoms with Crippen molar-refractivity contribution >= 4 is 8.32 Å². The lowest BCUT2D eigenvalue weighted by Crippen LogP contribution is -2.46. The minimum absolute atomic E-state index is 0.164. The number of hydrogen-bond acceptors (Lipinski definition) is 2. The summed E-state index contributed by atoms with van der Waals surface area (Å²) in [4.78, 5) is 0. The molecule has 0 aromatic heterocycles. The highest BCUT2D eigenvalue weighted by molar-refractivity contribution is 6.74. The van der Waals surface area contributed by atoms with Gasteiger partial charge in [-0.15, -0.1) is 6.58 Å². The molecule has 1 N–H and O–H groups in total. The molecule has 0 aromatic carbocycles. The second-order valence-electron chi connectivity index (χ2n) is 6.64. The topological polar surface area (TPSA) is 29.5 Å². The Balaban J connectivity index is 4.46. The average Bonchev–Trinajstić information content (AvgIpc) is 2.24. The number of aliphatic hydroxyl groups is 1. The highest BCUT2D eigenvalue weighted by atomic mass is 28.4. The lowest BCUT2D eigenvalue weighted by atomic mass is 10.1. The van der Waals surface area contributed by atoms with Gasteiger partial charge in [0, 0.05) is 0 Å². The Morgan fingerprint density at radius 3 is 2.22 bits per heavy atom. The zero-order valence-corrected chi connectivity index (χ0v) is 14.1. The highest BCUT2D eigenvalue weighted by Gasteiger charge is 2.39. The standard InChI is InChI=1S/C15H32O2Si/c1-8-10-11-12-13(16)14(9-2)17-18(6,7)15(3,4)5/h9,13-14,16H,2,8,10-12H2,1,3-7H3/t13-,14+/m1/s1. The van der Waals surface area contributed by atoms with Crippen LogP contribution in [0, 0.1) is 0 Å². The van der Waals surface area contributed by atoms with Crippen molar-refractivity contribution in [2.75, 3.05) is 0 Å². The molecule has 108 valence electrons. The predicted molar refractivity (Wildman–Crippen MR) is 82.4 cm³/mol. The summed E-state index contributed by atoms with van der Waals surface area (Å²) in [5.41, 5.74) is 0. The monoisotopic (exact) mass is 272 g/mol. The molecule has 0 heterocycles. The normalized spacial score (nSPS) is 16.4. The fraction of sp³-hybridized carbons (Fsp3) is 0.867. The first-order valence-corrected chi connectivity index (χ1v) is 10.0. The van der Waals surface area contributed by atoms with Gasteiger partial charge in [-0.25, -0.2) is 0 Å². The number of hydrogen-bond donors (Lipinski definition) is 1. The van der Waals surface area contributed by atoms with Gasteiger partial charge in [-0.1, -0.05) is 53.0 Å². The molecule has 0 amide bonds. The van der Waals surface area contributed by atoms with Gasteiger partial charge in [-0.3, -0.25) is 0 Å². The summed E-state index contributed by atoms with van der Waals surface area (Å²) >= 11 is 0. The Kier molecular flexibility index (Phi) is 7.41. The van der Waals surface area contributed by atoms with Crippen LogP contribution < -0.4 is 0 Å². The molecule has 0 saturated carbocycles. The molecule has 18 heavy (non-hydrogen) atoms. The van der Waals surface area contributed by atoms with E-state index in [4.69, 9.17) is 4.43 Å². The quantitative estimate of drug-likeness (QED) is 0.400. The molecule has 3 heteroatoms. The van der Waals surface area contributed by atoms with Crippen LogP contribution in [0.5, 0.6) is 0 Å². The van der Waals surface area contributed by atoms with E-state index in [1.807, 2.05) is 0 Å². The fourth-order valence-electron chi connectivity index (χ4n) is 1.57. The van der Waals surface area contributed by atoms with E-state index < -0.39 is 14.4 Å². The van der Waals surface area contributed by atoms with Crippen molar-refractivity contribution in [2.24, 2.45) is 0 Å². The molecule has 0 aromatic rings. The Hall–Kier alpha value is -0.123. The summed E-state index contributed by atoms with van der Waals surface area (Å²) in [5, 5.41) is 10.4. The third-order valence-electron chi connectivity index (χ3n) is 3.95. The second-order valence-corrected chi connectivity index (χ2v) is 11.4. The minimum Gasteiger partial charge on any atom is -0.408 e. The smallest absolute Gasteiger partial charge is 0.193 e. The lowest BCUT2D eigenvalue weighted by molar-refractivity contribution is 0.0482. The van der Waals surface area contributed by atoms with E-state index in [2.05, 4.69) is 47.4 Å². The highest BCUT2D eigenvalue weighted by Crippen LogP contribution is 2.37. The Morgan fingerprint density at radius 1 is 1.28 bits per heavy atom. The fourth-order valence-corrected chi connectivity index (χ4v) is 2.86. The van der Waals surface area contributed by atoms with Crippen LogP contribution in [0.1, 0.15) is 53.4 Å². The number of rotatable bonds is 8. The summed E-state index contributed by atoms with van der Waals surface area (Å²) in [6.45, 7) is 17.0. The van der Waals surface area contributed by atoms with Crippen molar-refractivity contribution in [3.05, 3.63) is 12.7 Å². The van der Waals surface area contributed by atoms with Gasteiger partial charge in [0.25, 0.3) is 0 Å². The van der Waals surface area contributed by atoms with Gasteiger partial charge in [-0.05, 0) is 24.6 Å². The number of aliphatic hydroxyl groups excluding tert-OH is 1. The van der Waals surface area contributed by atoms with E-state index in [1.54, 1.807) is 6.08 Å². The first-order chi connectivity index (χ1) is 8.15. The third kappa shape index (κ3) is 5.68. The molecule has 0 aliphatic carbocycles. The molecule has 0 fully saturated rings. The first-order valence-electron chi connectivity index (χ1n) is 7.14. The van der Waals surface area contributed by atoms with E-state index in [1.165, 1.54) is 12.8 Å². The van der Waals surface area contributed by atoms with Gasteiger partial charge in [-0.2, -0.15) is 0 Å². The molecule has 0 saturated heterocycles. The molecular formula is C15H32O2Si.